The van der Waals surface area contributed by atoms with E-state index in [9.17, 15) is 0 Å². The number of imidazole rings is 2. The molecule has 2 aromatic heterocycles. The van der Waals surface area contributed by atoms with Crippen LogP contribution in [0.5, 0.6) is 0 Å². The van der Waals surface area contributed by atoms with Crippen LogP contribution in [0.15, 0.2) is 36.8 Å². The minimum atomic E-state index is 0.423. The lowest BCUT2D eigenvalue weighted by molar-refractivity contribution is 0.558. The van der Waals surface area contributed by atoms with Crippen molar-refractivity contribution < 1.29 is 0 Å². The van der Waals surface area contributed by atoms with Gasteiger partial charge in [-0.25, -0.2) is 9.97 Å². The van der Waals surface area contributed by atoms with Crippen LogP contribution in [0, 0.1) is 0 Å². The summed E-state index contributed by atoms with van der Waals surface area (Å²) < 4.78 is 4.55. The van der Waals surface area contributed by atoms with Crippen LogP contribution in [-0.2, 0) is 13.0 Å². The smallest absolute Gasteiger partial charge is 0.110 e. The second-order valence-corrected chi connectivity index (χ2v) is 5.74. The molecule has 0 aliphatic heterocycles. The van der Waals surface area contributed by atoms with Gasteiger partial charge in [0.25, 0.3) is 0 Å². The molecule has 4 nitrogen and oxygen atoms in total. The number of aryl methyl sites for hydroxylation is 1. The van der Waals surface area contributed by atoms with Crippen LogP contribution in [0.1, 0.15) is 44.8 Å². The van der Waals surface area contributed by atoms with Gasteiger partial charge in [-0.05, 0) is 32.4 Å². The molecule has 0 unspecified atom stereocenters. The Hall–Kier alpha value is -2.10. The Bertz CT molecular complexity index is 736. The van der Waals surface area contributed by atoms with Gasteiger partial charge in [0, 0.05) is 18.7 Å². The van der Waals surface area contributed by atoms with Crippen molar-refractivity contribution in [3.8, 4) is 0 Å². The first-order valence-corrected chi connectivity index (χ1v) is 7.65. The lowest BCUT2D eigenvalue weighted by Gasteiger charge is -2.14. The fraction of sp³-hybridized carbons (Fsp3) is 0.412. The third-order valence-electron chi connectivity index (χ3n) is 3.83. The molecule has 0 aliphatic carbocycles. The van der Waals surface area contributed by atoms with Crippen LogP contribution in [0.25, 0.3) is 11.0 Å². The molecule has 0 radical (unpaired) electrons. The summed E-state index contributed by atoms with van der Waals surface area (Å²) in [5, 5.41) is 0. The molecule has 110 valence electrons. The molecule has 0 N–H and O–H groups in total. The molecular weight excluding hydrogens is 260 g/mol. The summed E-state index contributed by atoms with van der Waals surface area (Å²) in [6, 6.07) is 8.79. The average Bonchev–Trinajstić information content (AvgIpc) is 3.06. The third kappa shape index (κ3) is 2.58. The highest BCUT2D eigenvalue weighted by molar-refractivity contribution is 5.76. The lowest BCUT2D eigenvalue weighted by Crippen LogP contribution is -2.11. The predicted octanol–water partition coefficient (Wildman–Crippen LogP) is 3.81. The Morgan fingerprint density at radius 3 is 2.76 bits per heavy atom. The molecule has 3 aromatic rings. The van der Waals surface area contributed by atoms with E-state index in [-0.39, 0.29) is 0 Å². The Morgan fingerprint density at radius 1 is 1.19 bits per heavy atom. The maximum atomic E-state index is 4.79. The molecule has 0 saturated heterocycles. The summed E-state index contributed by atoms with van der Waals surface area (Å²) >= 11 is 0. The zero-order chi connectivity index (χ0) is 14.8. The van der Waals surface area contributed by atoms with Crippen molar-refractivity contribution in [1.82, 2.24) is 19.1 Å². The number of rotatable bonds is 5. The van der Waals surface area contributed by atoms with Crippen molar-refractivity contribution in [2.75, 3.05) is 0 Å². The van der Waals surface area contributed by atoms with Gasteiger partial charge in [0.1, 0.15) is 5.82 Å². The number of aromatic nitrogens is 4. The molecule has 4 heteroatoms. The minimum absolute atomic E-state index is 0.423. The second-order valence-electron chi connectivity index (χ2n) is 5.74. The standard InChI is InChI=1S/C17H22N4/c1-4-7-17-19-15-8-5-6-9-16(15)20(17)11-14-10-18-12-21(14)13(2)3/h5-6,8-10,12-13H,4,7,11H2,1-3H3. The second kappa shape index (κ2) is 5.72. The van der Waals surface area contributed by atoms with E-state index in [1.54, 1.807) is 0 Å². The summed E-state index contributed by atoms with van der Waals surface area (Å²) in [5.74, 6) is 1.16. The van der Waals surface area contributed by atoms with Crippen molar-refractivity contribution in [3.63, 3.8) is 0 Å². The van der Waals surface area contributed by atoms with Gasteiger partial charge < -0.3 is 9.13 Å². The highest BCUT2D eigenvalue weighted by Gasteiger charge is 2.13. The van der Waals surface area contributed by atoms with E-state index in [2.05, 4.69) is 53.1 Å². The Balaban J connectivity index is 2.06. The molecule has 2 heterocycles. The first kappa shape index (κ1) is 13.9. The number of benzene rings is 1. The molecule has 0 bridgehead atoms. The fourth-order valence-electron chi connectivity index (χ4n) is 2.80. The number of para-hydroxylation sites is 2. The summed E-state index contributed by atoms with van der Waals surface area (Å²) in [5.41, 5.74) is 3.51. The monoisotopic (exact) mass is 282 g/mol. The number of fused-ring (bicyclic) bond motifs is 1. The van der Waals surface area contributed by atoms with E-state index in [1.165, 1.54) is 11.2 Å². The van der Waals surface area contributed by atoms with Gasteiger partial charge in [0.15, 0.2) is 0 Å². The quantitative estimate of drug-likeness (QED) is 0.713. The Kier molecular flexibility index (Phi) is 3.78. The summed E-state index contributed by atoms with van der Waals surface area (Å²) in [7, 11) is 0. The maximum absolute atomic E-state index is 4.79. The van der Waals surface area contributed by atoms with Crippen molar-refractivity contribution in [2.45, 2.75) is 46.2 Å². The number of hydrogen-bond acceptors (Lipinski definition) is 2. The van der Waals surface area contributed by atoms with Crippen LogP contribution in [0.4, 0.5) is 0 Å². The average molecular weight is 282 g/mol. The zero-order valence-electron chi connectivity index (χ0n) is 13.0. The molecular formula is C17H22N4. The highest BCUT2D eigenvalue weighted by atomic mass is 15.1. The first-order chi connectivity index (χ1) is 10.2. The molecule has 0 atom stereocenters. The van der Waals surface area contributed by atoms with Crippen LogP contribution in [-0.4, -0.2) is 19.1 Å². The van der Waals surface area contributed by atoms with Crippen molar-refractivity contribution in [1.29, 1.82) is 0 Å². The molecule has 0 saturated carbocycles. The largest absolute Gasteiger partial charge is 0.330 e. The van der Waals surface area contributed by atoms with E-state index in [0.29, 0.717) is 6.04 Å². The first-order valence-electron chi connectivity index (χ1n) is 7.65. The predicted molar refractivity (Wildman–Crippen MR) is 85.4 cm³/mol. The van der Waals surface area contributed by atoms with Crippen LogP contribution < -0.4 is 0 Å². The van der Waals surface area contributed by atoms with Crippen LogP contribution in [0.2, 0.25) is 0 Å². The van der Waals surface area contributed by atoms with Gasteiger partial charge in [-0.3, -0.25) is 0 Å². The van der Waals surface area contributed by atoms with Gasteiger partial charge in [-0.1, -0.05) is 19.1 Å². The van der Waals surface area contributed by atoms with E-state index in [0.717, 1.165) is 30.7 Å². The molecule has 0 aliphatic rings. The fourth-order valence-corrected chi connectivity index (χ4v) is 2.80. The van der Waals surface area contributed by atoms with Crippen molar-refractivity contribution in [3.05, 3.63) is 48.3 Å². The van der Waals surface area contributed by atoms with Gasteiger partial charge in [0.05, 0.1) is 29.6 Å². The lowest BCUT2D eigenvalue weighted by atomic mass is 10.3. The molecule has 1 aromatic carbocycles. The minimum Gasteiger partial charge on any atom is -0.330 e. The number of nitrogens with zero attached hydrogens (tertiary/aromatic N) is 4. The SMILES string of the molecule is CCCc1nc2ccccc2n1Cc1cncn1C(C)C. The topological polar surface area (TPSA) is 35.6 Å². The van der Waals surface area contributed by atoms with E-state index >= 15 is 0 Å². The highest BCUT2D eigenvalue weighted by Crippen LogP contribution is 2.20. The van der Waals surface area contributed by atoms with Crippen LogP contribution >= 0.6 is 0 Å². The molecule has 21 heavy (non-hydrogen) atoms. The van der Waals surface area contributed by atoms with Gasteiger partial charge in [-0.15, -0.1) is 0 Å². The molecule has 0 fully saturated rings. The van der Waals surface area contributed by atoms with Gasteiger partial charge in [-0.2, -0.15) is 0 Å². The van der Waals surface area contributed by atoms with E-state index in [4.69, 9.17) is 4.98 Å². The van der Waals surface area contributed by atoms with Crippen LogP contribution in [0.3, 0.4) is 0 Å². The molecule has 0 amide bonds. The van der Waals surface area contributed by atoms with Gasteiger partial charge in [0.2, 0.25) is 0 Å². The van der Waals surface area contributed by atoms with E-state index in [1.807, 2.05) is 18.6 Å². The zero-order valence-corrected chi connectivity index (χ0v) is 13.0. The summed E-state index contributed by atoms with van der Waals surface area (Å²) in [4.78, 5) is 9.10. The normalized spacial score (nSPS) is 11.6. The van der Waals surface area contributed by atoms with Crippen molar-refractivity contribution >= 4 is 11.0 Å². The maximum Gasteiger partial charge on any atom is 0.110 e. The summed E-state index contributed by atoms with van der Waals surface area (Å²) in [6.07, 6.45) is 5.99. The summed E-state index contributed by atoms with van der Waals surface area (Å²) in [6.45, 7) is 7.39. The molecule has 3 rings (SSSR count). The molecule has 0 spiro atoms. The third-order valence-corrected chi connectivity index (χ3v) is 3.83. The van der Waals surface area contributed by atoms with Crippen molar-refractivity contribution in [2.24, 2.45) is 0 Å². The Morgan fingerprint density at radius 2 is 2.00 bits per heavy atom. The number of hydrogen-bond donors (Lipinski definition) is 0. The van der Waals surface area contributed by atoms with Gasteiger partial charge >= 0.3 is 0 Å². The van der Waals surface area contributed by atoms with E-state index < -0.39 is 0 Å². The Labute approximate surface area is 125 Å².